The van der Waals surface area contributed by atoms with Gasteiger partial charge in [0.1, 0.15) is 0 Å². The van der Waals surface area contributed by atoms with E-state index in [4.69, 9.17) is 5.73 Å². The minimum Gasteiger partial charge on any atom is -0.370 e. The average molecular weight is 259 g/mol. The molecule has 1 aromatic carbocycles. The molecule has 19 heavy (non-hydrogen) atoms. The molecule has 0 heterocycles. The van der Waals surface area contributed by atoms with Gasteiger partial charge in [0.25, 0.3) is 0 Å². The lowest BCUT2D eigenvalue weighted by atomic mass is 9.80. The first-order valence-electron chi connectivity index (χ1n) is 7.29. The van der Waals surface area contributed by atoms with E-state index in [0.29, 0.717) is 11.9 Å². The third-order valence-corrected chi connectivity index (χ3v) is 4.11. The summed E-state index contributed by atoms with van der Waals surface area (Å²) in [5.74, 6) is 2.01. The highest BCUT2D eigenvalue weighted by atomic mass is 15.1. The summed E-state index contributed by atoms with van der Waals surface area (Å²) in [6.45, 7) is 5.26. The summed E-state index contributed by atoms with van der Waals surface area (Å²) in [6, 6.07) is 8.19. The van der Waals surface area contributed by atoms with Gasteiger partial charge in [0.2, 0.25) is 0 Å². The predicted octanol–water partition coefficient (Wildman–Crippen LogP) is 3.55. The highest BCUT2D eigenvalue weighted by Gasteiger charge is 2.20. The third-order valence-electron chi connectivity index (χ3n) is 4.11. The van der Waals surface area contributed by atoms with E-state index in [9.17, 15) is 0 Å². The van der Waals surface area contributed by atoms with Crippen LogP contribution in [-0.2, 0) is 0 Å². The second-order valence-corrected chi connectivity index (χ2v) is 5.74. The number of hydrogen-bond donors (Lipinski definition) is 2. The molecule has 2 unspecified atom stereocenters. The number of aryl methyl sites for hydroxylation is 1. The van der Waals surface area contributed by atoms with E-state index >= 15 is 0 Å². The number of nitrogens with one attached hydrogen (secondary N) is 1. The van der Waals surface area contributed by atoms with Gasteiger partial charge in [0.05, 0.1) is 0 Å². The van der Waals surface area contributed by atoms with Gasteiger partial charge in [-0.2, -0.15) is 0 Å². The van der Waals surface area contributed by atoms with Crippen LogP contribution < -0.4 is 11.1 Å². The smallest absolute Gasteiger partial charge is 0.193 e. The lowest BCUT2D eigenvalue weighted by Gasteiger charge is -2.27. The molecule has 3 nitrogen and oxygen atoms in total. The molecule has 1 aromatic rings. The number of rotatable bonds is 3. The Kier molecular flexibility index (Phi) is 4.83. The summed E-state index contributed by atoms with van der Waals surface area (Å²) in [6.07, 6.45) is 5.35. The van der Waals surface area contributed by atoms with Crippen LogP contribution in [0.3, 0.4) is 0 Å². The average Bonchev–Trinajstić information content (AvgIpc) is 2.40. The summed E-state index contributed by atoms with van der Waals surface area (Å²) >= 11 is 0. The van der Waals surface area contributed by atoms with Crippen molar-refractivity contribution in [2.45, 2.75) is 39.5 Å². The van der Waals surface area contributed by atoms with E-state index in [0.717, 1.165) is 18.2 Å². The molecule has 2 rings (SSSR count). The first-order chi connectivity index (χ1) is 9.15. The largest absolute Gasteiger partial charge is 0.370 e. The fourth-order valence-corrected chi connectivity index (χ4v) is 2.70. The first-order valence-corrected chi connectivity index (χ1v) is 7.29. The first kappa shape index (κ1) is 13.9. The number of benzene rings is 1. The van der Waals surface area contributed by atoms with Crippen LogP contribution in [0.2, 0.25) is 0 Å². The van der Waals surface area contributed by atoms with Crippen LogP contribution in [-0.4, -0.2) is 12.5 Å². The van der Waals surface area contributed by atoms with Crippen molar-refractivity contribution in [1.82, 2.24) is 0 Å². The molecule has 1 aliphatic rings. The van der Waals surface area contributed by atoms with Crippen LogP contribution in [0.15, 0.2) is 29.3 Å². The van der Waals surface area contributed by atoms with Crippen LogP contribution in [0.4, 0.5) is 5.69 Å². The Bertz CT molecular complexity index is 422. The van der Waals surface area contributed by atoms with Gasteiger partial charge in [-0.15, -0.1) is 0 Å². The molecule has 0 aliphatic heterocycles. The van der Waals surface area contributed by atoms with Gasteiger partial charge >= 0.3 is 0 Å². The quantitative estimate of drug-likeness (QED) is 0.644. The Hall–Kier alpha value is -1.51. The molecule has 1 fully saturated rings. The van der Waals surface area contributed by atoms with E-state index in [1.807, 2.05) is 12.1 Å². The van der Waals surface area contributed by atoms with Crippen molar-refractivity contribution in [3.63, 3.8) is 0 Å². The molecule has 3 N–H and O–H groups in total. The van der Waals surface area contributed by atoms with Gasteiger partial charge in [-0.1, -0.05) is 43.9 Å². The molecule has 0 aromatic heterocycles. The van der Waals surface area contributed by atoms with Crippen LogP contribution in [0.1, 0.15) is 38.2 Å². The van der Waals surface area contributed by atoms with Gasteiger partial charge in [0.15, 0.2) is 5.96 Å². The Balaban J connectivity index is 1.86. The molecule has 1 aliphatic carbocycles. The van der Waals surface area contributed by atoms with Gasteiger partial charge < -0.3 is 11.1 Å². The number of aliphatic imine (C=N–C) groups is 1. The number of nitrogens with two attached hydrogens (primary N) is 1. The SMILES string of the molecule is Cc1ccc(NC(N)=NCC2CCCCC2C)cc1. The van der Waals surface area contributed by atoms with Crippen molar-refractivity contribution in [2.24, 2.45) is 22.6 Å². The number of hydrogen-bond acceptors (Lipinski definition) is 1. The zero-order valence-corrected chi connectivity index (χ0v) is 12.0. The molecule has 0 amide bonds. The topological polar surface area (TPSA) is 50.4 Å². The summed E-state index contributed by atoms with van der Waals surface area (Å²) in [5.41, 5.74) is 8.20. The molecule has 0 spiro atoms. The summed E-state index contributed by atoms with van der Waals surface area (Å²) < 4.78 is 0. The molecular formula is C16H25N3. The maximum Gasteiger partial charge on any atom is 0.193 e. The Labute approximate surface area is 116 Å². The van der Waals surface area contributed by atoms with Crippen LogP contribution in [0, 0.1) is 18.8 Å². The fraction of sp³-hybridized carbons (Fsp3) is 0.562. The Morgan fingerprint density at radius 2 is 1.95 bits per heavy atom. The van der Waals surface area contributed by atoms with Crippen molar-refractivity contribution in [1.29, 1.82) is 0 Å². The zero-order valence-electron chi connectivity index (χ0n) is 12.0. The predicted molar refractivity (Wildman–Crippen MR) is 82.4 cm³/mol. The second kappa shape index (κ2) is 6.60. The second-order valence-electron chi connectivity index (χ2n) is 5.74. The molecule has 2 atom stereocenters. The highest BCUT2D eigenvalue weighted by molar-refractivity contribution is 5.92. The van der Waals surface area contributed by atoms with Crippen LogP contribution in [0.5, 0.6) is 0 Å². The summed E-state index contributed by atoms with van der Waals surface area (Å²) in [5, 5.41) is 3.15. The van der Waals surface area contributed by atoms with E-state index in [-0.39, 0.29) is 0 Å². The minimum absolute atomic E-state index is 0.529. The summed E-state index contributed by atoms with van der Waals surface area (Å²) in [4.78, 5) is 4.50. The van der Waals surface area contributed by atoms with Crippen LogP contribution in [0.25, 0.3) is 0 Å². The fourth-order valence-electron chi connectivity index (χ4n) is 2.70. The molecule has 3 heteroatoms. The van der Waals surface area contributed by atoms with Gasteiger partial charge in [0, 0.05) is 12.2 Å². The normalized spacial score (nSPS) is 24.2. The zero-order chi connectivity index (χ0) is 13.7. The monoisotopic (exact) mass is 259 g/mol. The maximum atomic E-state index is 5.95. The minimum atomic E-state index is 0.529. The lowest BCUT2D eigenvalue weighted by Crippen LogP contribution is -2.26. The lowest BCUT2D eigenvalue weighted by molar-refractivity contribution is 0.264. The highest BCUT2D eigenvalue weighted by Crippen LogP contribution is 2.29. The molecule has 1 saturated carbocycles. The van der Waals surface area contributed by atoms with E-state index in [2.05, 4.69) is 36.3 Å². The van der Waals surface area contributed by atoms with Crippen molar-refractivity contribution in [2.75, 3.05) is 11.9 Å². The Morgan fingerprint density at radius 1 is 1.26 bits per heavy atom. The van der Waals surface area contributed by atoms with Gasteiger partial charge in [-0.25, -0.2) is 0 Å². The molecular weight excluding hydrogens is 234 g/mol. The van der Waals surface area contributed by atoms with E-state index in [1.54, 1.807) is 0 Å². The van der Waals surface area contributed by atoms with Gasteiger partial charge in [-0.3, -0.25) is 4.99 Å². The van der Waals surface area contributed by atoms with Crippen LogP contribution >= 0.6 is 0 Å². The maximum absolute atomic E-state index is 5.95. The third kappa shape index (κ3) is 4.27. The standard InChI is InChI=1S/C16H25N3/c1-12-7-9-15(10-8-12)19-16(17)18-11-14-6-4-3-5-13(14)2/h7-10,13-14H,3-6,11H2,1-2H3,(H3,17,18,19). The van der Waals surface area contributed by atoms with E-state index in [1.165, 1.54) is 31.2 Å². The summed E-state index contributed by atoms with van der Waals surface area (Å²) in [7, 11) is 0. The number of guanidine groups is 1. The molecule has 0 bridgehead atoms. The molecule has 0 saturated heterocycles. The van der Waals surface area contributed by atoms with E-state index < -0.39 is 0 Å². The Morgan fingerprint density at radius 3 is 2.63 bits per heavy atom. The molecule has 104 valence electrons. The van der Waals surface area contributed by atoms with Gasteiger partial charge in [-0.05, 0) is 37.3 Å². The van der Waals surface area contributed by atoms with Crippen molar-refractivity contribution in [3.05, 3.63) is 29.8 Å². The number of nitrogens with zero attached hydrogens (tertiary/aromatic N) is 1. The molecule has 0 radical (unpaired) electrons. The van der Waals surface area contributed by atoms with Crippen molar-refractivity contribution >= 4 is 11.6 Å². The van der Waals surface area contributed by atoms with Crippen molar-refractivity contribution in [3.8, 4) is 0 Å². The van der Waals surface area contributed by atoms with Crippen molar-refractivity contribution < 1.29 is 0 Å². The number of anilines is 1.